The maximum absolute atomic E-state index is 10.7. The van der Waals surface area contributed by atoms with Gasteiger partial charge in [-0.3, -0.25) is 15.0 Å². The van der Waals surface area contributed by atoms with Crippen molar-refractivity contribution in [3.05, 3.63) is 52.2 Å². The fraction of sp³-hybridized carbons (Fsp3) is 0.389. The predicted octanol–water partition coefficient (Wildman–Crippen LogP) is 2.60. The molecule has 0 aliphatic carbocycles. The Morgan fingerprint density at radius 3 is 2.58 bits per heavy atom. The molecule has 3 heterocycles. The Morgan fingerprint density at radius 1 is 1.12 bits per heavy atom. The Bertz CT molecular complexity index is 803. The molecule has 0 spiro atoms. The van der Waals surface area contributed by atoms with Crippen molar-refractivity contribution in [3.63, 3.8) is 0 Å². The van der Waals surface area contributed by atoms with Crippen LogP contribution in [0, 0.1) is 10.1 Å². The molecule has 1 unspecified atom stereocenters. The van der Waals surface area contributed by atoms with Crippen molar-refractivity contribution >= 4 is 11.5 Å². The monoisotopic (exact) mass is 356 g/mol. The number of piperazine rings is 1. The number of ether oxygens (including phenoxy) is 2. The zero-order valence-electron chi connectivity index (χ0n) is 14.5. The topological polar surface area (TPSA) is 81.0 Å². The van der Waals surface area contributed by atoms with Crippen LogP contribution in [0.25, 0.3) is 0 Å². The molecule has 0 amide bonds. The lowest BCUT2D eigenvalue weighted by Crippen LogP contribution is -2.47. The highest BCUT2D eigenvalue weighted by Crippen LogP contribution is 2.35. The van der Waals surface area contributed by atoms with Gasteiger partial charge in [0.2, 0.25) is 6.79 Å². The third-order valence-electron chi connectivity index (χ3n) is 5.01. The SMILES string of the molecule is CC(c1ccc2c(c1)OCO2)N1CCN(c2ccc([N+](=O)[O-])cn2)CC1. The van der Waals surface area contributed by atoms with E-state index in [1.54, 1.807) is 6.07 Å². The molecule has 26 heavy (non-hydrogen) atoms. The van der Waals surface area contributed by atoms with Gasteiger partial charge in [0, 0.05) is 38.3 Å². The molecule has 0 N–H and O–H groups in total. The average molecular weight is 356 g/mol. The van der Waals surface area contributed by atoms with Crippen LogP contribution in [0.4, 0.5) is 11.5 Å². The molecule has 1 saturated heterocycles. The summed E-state index contributed by atoms with van der Waals surface area (Å²) in [5.74, 6) is 2.39. The number of aromatic nitrogens is 1. The molecule has 8 nitrogen and oxygen atoms in total. The van der Waals surface area contributed by atoms with Gasteiger partial charge in [-0.2, -0.15) is 0 Å². The Hall–Kier alpha value is -2.87. The van der Waals surface area contributed by atoms with E-state index in [1.807, 2.05) is 6.07 Å². The summed E-state index contributed by atoms with van der Waals surface area (Å²) < 4.78 is 10.8. The van der Waals surface area contributed by atoms with Crippen LogP contribution in [0.2, 0.25) is 0 Å². The molecule has 136 valence electrons. The van der Waals surface area contributed by atoms with Crippen molar-refractivity contribution < 1.29 is 14.4 Å². The van der Waals surface area contributed by atoms with Crippen molar-refractivity contribution in [2.45, 2.75) is 13.0 Å². The summed E-state index contributed by atoms with van der Waals surface area (Å²) in [5, 5.41) is 10.7. The molecule has 0 radical (unpaired) electrons. The van der Waals surface area contributed by atoms with Crippen LogP contribution in [-0.2, 0) is 0 Å². The lowest BCUT2D eigenvalue weighted by molar-refractivity contribution is -0.385. The quantitative estimate of drug-likeness (QED) is 0.615. The first-order chi connectivity index (χ1) is 12.6. The highest BCUT2D eigenvalue weighted by molar-refractivity contribution is 5.46. The summed E-state index contributed by atoms with van der Waals surface area (Å²) >= 11 is 0. The molecule has 1 aromatic heterocycles. The second-order valence-electron chi connectivity index (χ2n) is 6.44. The van der Waals surface area contributed by atoms with Crippen molar-refractivity contribution in [1.29, 1.82) is 0 Å². The number of benzene rings is 1. The van der Waals surface area contributed by atoms with Crippen molar-refractivity contribution in [2.75, 3.05) is 37.9 Å². The molecule has 0 bridgehead atoms. The first-order valence-corrected chi connectivity index (χ1v) is 8.61. The van der Waals surface area contributed by atoms with E-state index in [9.17, 15) is 10.1 Å². The maximum atomic E-state index is 10.7. The van der Waals surface area contributed by atoms with Crippen molar-refractivity contribution in [3.8, 4) is 11.5 Å². The first kappa shape index (κ1) is 16.6. The van der Waals surface area contributed by atoms with E-state index in [1.165, 1.54) is 17.8 Å². The minimum absolute atomic E-state index is 0.0174. The predicted molar refractivity (Wildman–Crippen MR) is 95.7 cm³/mol. The summed E-state index contributed by atoms with van der Waals surface area (Å²) in [6.07, 6.45) is 1.32. The standard InChI is InChI=1S/C18H20N4O4/c1-13(14-2-4-16-17(10-14)26-12-25-16)20-6-8-21(9-7-20)18-5-3-15(11-19-18)22(23)24/h2-5,10-11,13H,6-9,12H2,1H3. The van der Waals surface area contributed by atoms with Crippen LogP contribution in [0.3, 0.4) is 0 Å². The second-order valence-corrected chi connectivity index (χ2v) is 6.44. The fourth-order valence-electron chi connectivity index (χ4n) is 3.40. The number of fused-ring (bicyclic) bond motifs is 1. The lowest BCUT2D eigenvalue weighted by Gasteiger charge is -2.38. The van der Waals surface area contributed by atoms with Crippen LogP contribution in [0.1, 0.15) is 18.5 Å². The van der Waals surface area contributed by atoms with Crippen molar-refractivity contribution in [1.82, 2.24) is 9.88 Å². The van der Waals surface area contributed by atoms with Crippen LogP contribution >= 0.6 is 0 Å². The van der Waals surface area contributed by atoms with Gasteiger partial charge in [0.15, 0.2) is 11.5 Å². The van der Waals surface area contributed by atoms with Crippen molar-refractivity contribution in [2.24, 2.45) is 0 Å². The van der Waals surface area contributed by atoms with E-state index >= 15 is 0 Å². The number of nitrogens with zero attached hydrogens (tertiary/aromatic N) is 4. The van der Waals surface area contributed by atoms with Gasteiger partial charge in [-0.1, -0.05) is 6.07 Å². The van der Waals surface area contributed by atoms with E-state index < -0.39 is 4.92 Å². The lowest BCUT2D eigenvalue weighted by atomic mass is 10.1. The number of anilines is 1. The minimum Gasteiger partial charge on any atom is -0.454 e. The zero-order chi connectivity index (χ0) is 18.1. The van der Waals surface area contributed by atoms with Gasteiger partial charge >= 0.3 is 0 Å². The summed E-state index contributed by atoms with van der Waals surface area (Å²) in [6.45, 7) is 5.94. The Balaban J connectivity index is 1.39. The van der Waals surface area contributed by atoms with E-state index in [4.69, 9.17) is 9.47 Å². The zero-order valence-corrected chi connectivity index (χ0v) is 14.5. The number of rotatable bonds is 4. The molecule has 4 rings (SSSR count). The molecular formula is C18H20N4O4. The van der Waals surface area contributed by atoms with E-state index in [2.05, 4.69) is 33.8 Å². The number of hydrogen-bond donors (Lipinski definition) is 0. The highest BCUT2D eigenvalue weighted by Gasteiger charge is 2.24. The van der Waals surface area contributed by atoms with Crippen LogP contribution < -0.4 is 14.4 Å². The van der Waals surface area contributed by atoms with Gasteiger partial charge in [-0.25, -0.2) is 4.98 Å². The van der Waals surface area contributed by atoms with Gasteiger partial charge in [0.1, 0.15) is 12.0 Å². The minimum atomic E-state index is -0.429. The molecule has 2 aliphatic rings. The fourth-order valence-corrected chi connectivity index (χ4v) is 3.40. The van der Waals surface area contributed by atoms with Gasteiger partial charge in [-0.05, 0) is 30.7 Å². The van der Waals surface area contributed by atoms with E-state index in [0.29, 0.717) is 0 Å². The molecule has 1 aromatic carbocycles. The molecule has 0 saturated carbocycles. The normalized spacial score (nSPS) is 18.0. The third kappa shape index (κ3) is 3.15. The summed E-state index contributed by atoms with van der Waals surface area (Å²) in [4.78, 5) is 19.1. The van der Waals surface area contributed by atoms with Gasteiger partial charge in [-0.15, -0.1) is 0 Å². The van der Waals surface area contributed by atoms with E-state index in [-0.39, 0.29) is 18.5 Å². The summed E-state index contributed by atoms with van der Waals surface area (Å²) in [6, 6.07) is 9.60. The van der Waals surface area contributed by atoms with Gasteiger partial charge in [0.05, 0.1) is 4.92 Å². The number of hydrogen-bond acceptors (Lipinski definition) is 7. The molecule has 2 aliphatic heterocycles. The van der Waals surface area contributed by atoms with Gasteiger partial charge < -0.3 is 14.4 Å². The maximum Gasteiger partial charge on any atom is 0.287 e. The smallest absolute Gasteiger partial charge is 0.287 e. The molecule has 1 fully saturated rings. The molecular weight excluding hydrogens is 336 g/mol. The molecule has 2 aromatic rings. The largest absolute Gasteiger partial charge is 0.454 e. The van der Waals surface area contributed by atoms with E-state index in [0.717, 1.165) is 43.5 Å². The summed E-state index contributed by atoms with van der Waals surface area (Å²) in [7, 11) is 0. The van der Waals surface area contributed by atoms with Crippen LogP contribution in [-0.4, -0.2) is 47.8 Å². The Morgan fingerprint density at radius 2 is 1.88 bits per heavy atom. The Kier molecular flexibility index (Phi) is 4.34. The number of pyridine rings is 1. The Labute approximate surface area is 151 Å². The molecule has 1 atom stereocenters. The average Bonchev–Trinajstić information content (AvgIpc) is 3.15. The third-order valence-corrected chi connectivity index (χ3v) is 5.01. The first-order valence-electron chi connectivity index (χ1n) is 8.61. The number of nitro groups is 1. The highest BCUT2D eigenvalue weighted by atomic mass is 16.7. The van der Waals surface area contributed by atoms with Crippen LogP contribution in [0.5, 0.6) is 11.5 Å². The van der Waals surface area contributed by atoms with Gasteiger partial charge in [0.25, 0.3) is 5.69 Å². The molecule has 8 heteroatoms. The second kappa shape index (κ2) is 6.80. The van der Waals surface area contributed by atoms with Crippen LogP contribution in [0.15, 0.2) is 36.5 Å². The summed E-state index contributed by atoms with van der Waals surface area (Å²) in [5.41, 5.74) is 1.22.